The maximum absolute atomic E-state index is 13.7. The molecule has 10 aromatic rings. The topological polar surface area (TPSA) is 55.8 Å². The summed E-state index contributed by atoms with van der Waals surface area (Å²) in [6.07, 6.45) is 1.57. The van der Waals surface area contributed by atoms with Gasteiger partial charge in [0, 0.05) is 57.4 Å². The normalized spacial score (nSPS) is 16.4. The summed E-state index contributed by atoms with van der Waals surface area (Å²) >= 11 is 3.34. The van der Waals surface area contributed by atoms with Gasteiger partial charge in [-0.05, 0) is 99.1 Å². The Bertz CT molecular complexity index is 3580. The summed E-state index contributed by atoms with van der Waals surface area (Å²) in [6.45, 7) is 0. The van der Waals surface area contributed by atoms with Crippen LogP contribution >= 0.6 is 23.1 Å². The van der Waals surface area contributed by atoms with Crippen molar-refractivity contribution in [1.82, 2.24) is 0 Å². The van der Waals surface area contributed by atoms with Gasteiger partial charge in [-0.15, -0.1) is 11.3 Å². The highest BCUT2D eigenvalue weighted by atomic mass is 32.2. The molecule has 0 radical (unpaired) electrons. The molecule has 0 amide bonds. The summed E-state index contributed by atoms with van der Waals surface area (Å²) < 4.78 is 15.5. The SMILES string of the molecule is COc1cc2c(c3ccccc13)OC(c1ccc(-c3ccc4c(c3)C(O)c3ccccc3S4)cc1)(c1ccc(-c3ccc4sc5ccccc5c(=O)c4c3)cc1)C=C2c1ccccc1. The largest absolute Gasteiger partial charge is 0.496 e. The van der Waals surface area contributed by atoms with Crippen LogP contribution in [0.25, 0.3) is 58.8 Å². The third-order valence-electron chi connectivity index (χ3n) is 12.8. The molecule has 64 heavy (non-hydrogen) atoms. The summed E-state index contributed by atoms with van der Waals surface area (Å²) in [7, 11) is 1.72. The molecule has 0 aliphatic carbocycles. The Morgan fingerprint density at radius 3 is 1.88 bits per heavy atom. The molecule has 12 rings (SSSR count). The van der Waals surface area contributed by atoms with Crippen LogP contribution in [0.15, 0.2) is 215 Å². The van der Waals surface area contributed by atoms with Crippen molar-refractivity contribution >= 4 is 59.6 Å². The van der Waals surface area contributed by atoms with Gasteiger partial charge in [-0.25, -0.2) is 0 Å². The number of aliphatic hydroxyl groups is 1. The second-order valence-electron chi connectivity index (χ2n) is 16.4. The fraction of sp³-hybridized carbons (Fsp3) is 0.0517. The van der Waals surface area contributed by atoms with Gasteiger partial charge < -0.3 is 14.6 Å². The molecular weight excluding hydrogens is 825 g/mol. The molecule has 0 fully saturated rings. The summed E-state index contributed by atoms with van der Waals surface area (Å²) in [5.74, 6) is 1.56. The molecule has 2 aliphatic heterocycles. The van der Waals surface area contributed by atoms with Crippen LogP contribution in [0.3, 0.4) is 0 Å². The van der Waals surface area contributed by atoms with Crippen molar-refractivity contribution in [2.75, 3.05) is 7.11 Å². The molecule has 9 aromatic carbocycles. The molecule has 1 N–H and O–H groups in total. The maximum atomic E-state index is 13.7. The van der Waals surface area contributed by atoms with E-state index in [9.17, 15) is 9.90 Å². The zero-order valence-corrected chi connectivity index (χ0v) is 36.3. The number of hydrogen-bond donors (Lipinski definition) is 1. The first-order valence-corrected chi connectivity index (χ1v) is 22.9. The number of hydrogen-bond acceptors (Lipinski definition) is 6. The van der Waals surface area contributed by atoms with Crippen LogP contribution in [-0.2, 0) is 5.60 Å². The lowest BCUT2D eigenvalue weighted by molar-refractivity contribution is 0.162. The number of ether oxygens (including phenoxy) is 2. The molecule has 3 heterocycles. The zero-order chi connectivity index (χ0) is 42.9. The van der Waals surface area contributed by atoms with Crippen molar-refractivity contribution in [3.05, 3.63) is 244 Å². The highest BCUT2D eigenvalue weighted by molar-refractivity contribution is 7.99. The molecule has 0 saturated heterocycles. The highest BCUT2D eigenvalue weighted by Crippen LogP contribution is 2.52. The lowest BCUT2D eigenvalue weighted by Gasteiger charge is -2.39. The molecule has 2 atom stereocenters. The van der Waals surface area contributed by atoms with Crippen molar-refractivity contribution in [1.29, 1.82) is 0 Å². The monoisotopic (exact) mass is 862 g/mol. The van der Waals surface area contributed by atoms with E-state index in [1.165, 1.54) is 0 Å². The average Bonchev–Trinajstić information content (AvgIpc) is 3.36. The minimum atomic E-state index is -1.06. The van der Waals surface area contributed by atoms with E-state index >= 15 is 0 Å². The molecule has 0 bridgehead atoms. The minimum Gasteiger partial charge on any atom is -0.496 e. The maximum Gasteiger partial charge on any atom is 0.195 e. The average molecular weight is 863 g/mol. The van der Waals surface area contributed by atoms with Crippen LogP contribution < -0.4 is 14.9 Å². The second-order valence-corrected chi connectivity index (χ2v) is 18.5. The molecule has 306 valence electrons. The Morgan fingerprint density at radius 2 is 1.12 bits per heavy atom. The molecule has 2 aliphatic rings. The number of rotatable bonds is 6. The van der Waals surface area contributed by atoms with E-state index < -0.39 is 11.7 Å². The number of benzene rings is 9. The molecule has 0 spiro atoms. The summed E-state index contributed by atoms with van der Waals surface area (Å²) in [6, 6.07) is 66.6. The van der Waals surface area contributed by atoms with Crippen LogP contribution in [-0.4, -0.2) is 12.2 Å². The first-order chi connectivity index (χ1) is 31.5. The Kier molecular flexibility index (Phi) is 9.16. The van der Waals surface area contributed by atoms with E-state index in [-0.39, 0.29) is 5.43 Å². The summed E-state index contributed by atoms with van der Waals surface area (Å²) in [5.41, 5.74) is 9.85. The predicted molar refractivity (Wildman–Crippen MR) is 263 cm³/mol. The van der Waals surface area contributed by atoms with Crippen LogP contribution in [0, 0.1) is 0 Å². The fourth-order valence-electron chi connectivity index (χ4n) is 9.50. The smallest absolute Gasteiger partial charge is 0.195 e. The number of methoxy groups -OCH3 is 1. The number of fused-ring (bicyclic) bond motifs is 7. The third-order valence-corrected chi connectivity index (χ3v) is 15.1. The van der Waals surface area contributed by atoms with E-state index in [1.54, 1.807) is 30.2 Å². The predicted octanol–water partition coefficient (Wildman–Crippen LogP) is 14.2. The van der Waals surface area contributed by atoms with Gasteiger partial charge >= 0.3 is 0 Å². The molecule has 6 heteroatoms. The lowest BCUT2D eigenvalue weighted by atomic mass is 9.78. The van der Waals surface area contributed by atoms with E-state index in [1.807, 2.05) is 66.7 Å². The zero-order valence-electron chi connectivity index (χ0n) is 34.6. The molecule has 2 unspecified atom stereocenters. The molecule has 0 saturated carbocycles. The second kappa shape index (κ2) is 15.2. The summed E-state index contributed by atoms with van der Waals surface area (Å²) in [4.78, 5) is 15.9. The van der Waals surface area contributed by atoms with Crippen molar-refractivity contribution in [3.8, 4) is 33.8 Å². The van der Waals surface area contributed by atoms with Gasteiger partial charge in [-0.2, -0.15) is 0 Å². The van der Waals surface area contributed by atoms with Crippen LogP contribution in [0.1, 0.15) is 39.5 Å². The van der Waals surface area contributed by atoms with E-state index in [0.29, 0.717) is 0 Å². The van der Waals surface area contributed by atoms with E-state index in [0.717, 1.165) is 113 Å². The Balaban J connectivity index is 1.02. The minimum absolute atomic E-state index is 0.0534. The quantitative estimate of drug-likeness (QED) is 0.169. The Labute approximate surface area is 378 Å². The van der Waals surface area contributed by atoms with Crippen molar-refractivity contribution in [2.24, 2.45) is 0 Å². The van der Waals surface area contributed by atoms with Gasteiger partial charge in [0.15, 0.2) is 11.0 Å². The van der Waals surface area contributed by atoms with Gasteiger partial charge in [0.05, 0.1) is 7.11 Å². The van der Waals surface area contributed by atoms with Crippen molar-refractivity contribution in [2.45, 2.75) is 21.5 Å². The van der Waals surface area contributed by atoms with Gasteiger partial charge in [0.2, 0.25) is 0 Å². The highest BCUT2D eigenvalue weighted by Gasteiger charge is 2.41. The van der Waals surface area contributed by atoms with Crippen molar-refractivity contribution in [3.63, 3.8) is 0 Å². The molecular formula is C58H38O4S2. The van der Waals surface area contributed by atoms with Crippen LogP contribution in [0.4, 0.5) is 0 Å². The third kappa shape index (κ3) is 6.21. The van der Waals surface area contributed by atoms with Crippen molar-refractivity contribution < 1.29 is 14.6 Å². The first-order valence-electron chi connectivity index (χ1n) is 21.3. The number of aliphatic hydroxyl groups excluding tert-OH is 1. The van der Waals surface area contributed by atoms with E-state index in [4.69, 9.17) is 9.47 Å². The standard InChI is InChI=1S/C58H38O4S2/c1-61-50-33-46-49(37-11-3-2-4-12-37)34-58(62-57(46)43-14-6-5-13-42(43)50,40-25-19-35(20-26-40)38-23-29-53-47(31-38)55(59)44-15-7-9-17-51(44)63-53)41-27-21-36(22-28-41)39-24-30-54-48(32-39)56(60)45-16-8-10-18-52(45)64-54/h2-34,55,59H,1H3. The van der Waals surface area contributed by atoms with Gasteiger partial charge in [-0.3, -0.25) is 4.79 Å². The first kappa shape index (κ1) is 38.5. The van der Waals surface area contributed by atoms with Gasteiger partial charge in [-0.1, -0.05) is 157 Å². The van der Waals surface area contributed by atoms with Crippen LogP contribution in [0.2, 0.25) is 0 Å². The van der Waals surface area contributed by atoms with Gasteiger partial charge in [0.1, 0.15) is 17.6 Å². The lowest BCUT2D eigenvalue weighted by Crippen LogP contribution is -2.35. The Hall–Kier alpha value is -7.22. The Morgan fingerprint density at radius 1 is 0.531 bits per heavy atom. The van der Waals surface area contributed by atoms with E-state index in [2.05, 4.69) is 133 Å². The fourth-order valence-corrected chi connectivity index (χ4v) is 11.7. The molecule has 4 nitrogen and oxygen atoms in total. The molecule has 1 aromatic heterocycles. The van der Waals surface area contributed by atoms with Gasteiger partial charge in [0.25, 0.3) is 0 Å². The summed E-state index contributed by atoms with van der Waals surface area (Å²) in [5, 5.41) is 14.9. The van der Waals surface area contributed by atoms with Crippen LogP contribution in [0.5, 0.6) is 11.5 Å².